The third-order valence-electron chi connectivity index (χ3n) is 3.93. The highest BCUT2D eigenvalue weighted by Crippen LogP contribution is 2.30. The predicted molar refractivity (Wildman–Crippen MR) is 82.9 cm³/mol. The number of hydrogen-bond donors (Lipinski definition) is 1. The first-order valence-electron chi connectivity index (χ1n) is 7.32. The van der Waals surface area contributed by atoms with Gasteiger partial charge in [-0.2, -0.15) is 0 Å². The minimum absolute atomic E-state index is 0.0413. The lowest BCUT2D eigenvalue weighted by Gasteiger charge is -2.39. The normalized spacial score (nSPS) is 23.5. The van der Waals surface area contributed by atoms with Crippen LogP contribution in [-0.4, -0.2) is 35.9 Å². The Balaban J connectivity index is 2.02. The van der Waals surface area contributed by atoms with Gasteiger partial charge in [0.15, 0.2) is 0 Å². The van der Waals surface area contributed by atoms with Crippen molar-refractivity contribution in [3.63, 3.8) is 0 Å². The van der Waals surface area contributed by atoms with Crippen molar-refractivity contribution >= 4 is 17.5 Å². The number of nitrogens with zero attached hydrogens (tertiary/aromatic N) is 1. The minimum Gasteiger partial charge on any atom is -0.341 e. The highest BCUT2D eigenvalue weighted by atomic mass is 35.5. The fourth-order valence-electron chi connectivity index (χ4n) is 2.96. The molecular formula is C16H23ClN2O. The summed E-state index contributed by atoms with van der Waals surface area (Å²) in [6, 6.07) is 10.6. The molecule has 1 aliphatic rings. The van der Waals surface area contributed by atoms with Crippen molar-refractivity contribution < 1.29 is 4.79 Å². The Morgan fingerprint density at radius 2 is 2.15 bits per heavy atom. The number of rotatable bonds is 5. The second kappa shape index (κ2) is 7.65. The van der Waals surface area contributed by atoms with Gasteiger partial charge in [0.05, 0.1) is 6.17 Å². The largest absolute Gasteiger partial charge is 0.341 e. The molecule has 1 fully saturated rings. The highest BCUT2D eigenvalue weighted by molar-refractivity contribution is 6.17. The third kappa shape index (κ3) is 4.22. The van der Waals surface area contributed by atoms with Gasteiger partial charge in [-0.1, -0.05) is 30.3 Å². The molecule has 2 unspecified atom stereocenters. The number of halogens is 1. The molecule has 1 aromatic carbocycles. The molecule has 0 radical (unpaired) electrons. The van der Waals surface area contributed by atoms with Crippen molar-refractivity contribution in [2.75, 3.05) is 19.0 Å². The lowest BCUT2D eigenvalue weighted by molar-refractivity contribution is -0.121. The molecule has 1 amide bonds. The molecule has 20 heavy (non-hydrogen) atoms. The summed E-state index contributed by atoms with van der Waals surface area (Å²) in [7, 11) is 0. The van der Waals surface area contributed by atoms with Gasteiger partial charge >= 0.3 is 0 Å². The standard InChI is InChI=1S/C16H23ClN2O/c1-13(20)18-16-12-15(14-6-3-2-4-7-14)8-11-19(16)10-5-9-17/h2-4,6-7,15-16H,5,8-12H2,1H3,(H,18,20). The average molecular weight is 295 g/mol. The fourth-order valence-corrected chi connectivity index (χ4v) is 3.08. The Morgan fingerprint density at radius 1 is 1.40 bits per heavy atom. The Labute approximate surface area is 126 Å². The molecule has 2 rings (SSSR count). The lowest BCUT2D eigenvalue weighted by Crippen LogP contribution is -2.52. The molecule has 3 nitrogen and oxygen atoms in total. The SMILES string of the molecule is CC(=O)NC1CC(c2ccccc2)CCN1CCCCl. The molecule has 4 heteroatoms. The second-order valence-electron chi connectivity index (χ2n) is 5.43. The summed E-state index contributed by atoms with van der Waals surface area (Å²) in [5.74, 6) is 1.24. The summed E-state index contributed by atoms with van der Waals surface area (Å²) in [6.45, 7) is 3.56. The molecule has 1 aromatic rings. The van der Waals surface area contributed by atoms with Crippen LogP contribution in [0.1, 0.15) is 37.7 Å². The summed E-state index contributed by atoms with van der Waals surface area (Å²) in [4.78, 5) is 13.8. The Kier molecular flexibility index (Phi) is 5.86. The topological polar surface area (TPSA) is 32.3 Å². The maximum atomic E-state index is 11.4. The predicted octanol–water partition coefficient (Wildman–Crippen LogP) is 2.96. The second-order valence-corrected chi connectivity index (χ2v) is 5.80. The van der Waals surface area contributed by atoms with Crippen LogP contribution in [0.25, 0.3) is 0 Å². The van der Waals surface area contributed by atoms with Crippen molar-refractivity contribution in [2.45, 2.75) is 38.3 Å². The molecule has 0 bridgehead atoms. The summed E-state index contributed by atoms with van der Waals surface area (Å²) >= 11 is 5.78. The van der Waals surface area contributed by atoms with E-state index in [1.54, 1.807) is 6.92 Å². The van der Waals surface area contributed by atoms with Crippen LogP contribution in [0.3, 0.4) is 0 Å². The van der Waals surface area contributed by atoms with Gasteiger partial charge in [0.1, 0.15) is 0 Å². The van der Waals surface area contributed by atoms with Gasteiger partial charge in [0, 0.05) is 25.9 Å². The van der Waals surface area contributed by atoms with Gasteiger partial charge in [0.25, 0.3) is 0 Å². The zero-order valence-corrected chi connectivity index (χ0v) is 12.8. The molecule has 1 aliphatic heterocycles. The lowest BCUT2D eigenvalue weighted by atomic mass is 9.87. The average Bonchev–Trinajstić information content (AvgIpc) is 2.46. The third-order valence-corrected chi connectivity index (χ3v) is 4.20. The molecule has 0 saturated carbocycles. The van der Waals surface area contributed by atoms with E-state index in [0.29, 0.717) is 11.8 Å². The van der Waals surface area contributed by atoms with Crippen molar-refractivity contribution in [3.05, 3.63) is 35.9 Å². The van der Waals surface area contributed by atoms with E-state index in [-0.39, 0.29) is 12.1 Å². The molecule has 1 heterocycles. The van der Waals surface area contributed by atoms with Gasteiger partial charge in [0.2, 0.25) is 5.91 Å². The molecular weight excluding hydrogens is 272 g/mol. The van der Waals surface area contributed by atoms with Crippen LogP contribution in [0.5, 0.6) is 0 Å². The highest BCUT2D eigenvalue weighted by Gasteiger charge is 2.29. The van der Waals surface area contributed by atoms with Gasteiger partial charge in [-0.05, 0) is 30.7 Å². The molecule has 1 N–H and O–H groups in total. The number of hydrogen-bond acceptors (Lipinski definition) is 2. The minimum atomic E-state index is 0.0413. The van der Waals surface area contributed by atoms with Crippen LogP contribution in [0.2, 0.25) is 0 Å². The number of piperidine rings is 1. The van der Waals surface area contributed by atoms with Crippen LogP contribution in [-0.2, 0) is 4.79 Å². The Hall–Kier alpha value is -1.06. The maximum Gasteiger partial charge on any atom is 0.218 e. The van der Waals surface area contributed by atoms with Crippen LogP contribution in [0.4, 0.5) is 0 Å². The quantitative estimate of drug-likeness (QED) is 0.847. The van der Waals surface area contributed by atoms with Crippen LogP contribution in [0.15, 0.2) is 30.3 Å². The zero-order chi connectivity index (χ0) is 14.4. The van der Waals surface area contributed by atoms with E-state index in [9.17, 15) is 4.79 Å². The number of carbonyl (C=O) groups is 1. The summed E-state index contributed by atoms with van der Waals surface area (Å²) < 4.78 is 0. The van der Waals surface area contributed by atoms with E-state index in [1.807, 2.05) is 6.07 Å². The number of carbonyl (C=O) groups excluding carboxylic acids is 1. The molecule has 0 aromatic heterocycles. The Bertz CT molecular complexity index is 424. The van der Waals surface area contributed by atoms with Crippen molar-refractivity contribution in [2.24, 2.45) is 0 Å². The van der Waals surface area contributed by atoms with Gasteiger partial charge in [-0.15, -0.1) is 11.6 Å². The number of nitrogens with one attached hydrogen (secondary N) is 1. The van der Waals surface area contributed by atoms with Gasteiger partial charge < -0.3 is 5.32 Å². The van der Waals surface area contributed by atoms with Crippen LogP contribution < -0.4 is 5.32 Å². The monoisotopic (exact) mass is 294 g/mol. The number of amides is 1. The summed E-state index contributed by atoms with van der Waals surface area (Å²) in [5, 5.41) is 3.08. The van der Waals surface area contributed by atoms with E-state index < -0.39 is 0 Å². The zero-order valence-electron chi connectivity index (χ0n) is 12.0. The van der Waals surface area contributed by atoms with E-state index in [2.05, 4.69) is 34.5 Å². The first kappa shape index (κ1) is 15.3. The van der Waals surface area contributed by atoms with E-state index in [0.717, 1.165) is 32.4 Å². The van der Waals surface area contributed by atoms with Crippen molar-refractivity contribution in [3.8, 4) is 0 Å². The van der Waals surface area contributed by atoms with Gasteiger partial charge in [-0.3, -0.25) is 9.69 Å². The van der Waals surface area contributed by atoms with Crippen molar-refractivity contribution in [1.82, 2.24) is 10.2 Å². The first-order chi connectivity index (χ1) is 9.70. The molecule has 1 saturated heterocycles. The van der Waals surface area contributed by atoms with E-state index >= 15 is 0 Å². The van der Waals surface area contributed by atoms with E-state index in [1.165, 1.54) is 5.56 Å². The number of likely N-dealkylation sites (tertiary alicyclic amines) is 1. The molecule has 0 spiro atoms. The van der Waals surface area contributed by atoms with E-state index in [4.69, 9.17) is 11.6 Å². The van der Waals surface area contributed by atoms with Gasteiger partial charge in [-0.25, -0.2) is 0 Å². The maximum absolute atomic E-state index is 11.4. The summed E-state index contributed by atoms with van der Waals surface area (Å²) in [6.07, 6.45) is 3.22. The first-order valence-corrected chi connectivity index (χ1v) is 7.86. The van der Waals surface area contributed by atoms with Crippen LogP contribution >= 0.6 is 11.6 Å². The number of alkyl halides is 1. The van der Waals surface area contributed by atoms with Crippen LogP contribution in [0, 0.1) is 0 Å². The fraction of sp³-hybridized carbons (Fsp3) is 0.562. The Morgan fingerprint density at radius 3 is 2.80 bits per heavy atom. The molecule has 110 valence electrons. The summed E-state index contributed by atoms with van der Waals surface area (Å²) in [5.41, 5.74) is 1.37. The molecule has 0 aliphatic carbocycles. The smallest absolute Gasteiger partial charge is 0.218 e. The molecule has 2 atom stereocenters. The van der Waals surface area contributed by atoms with Crippen molar-refractivity contribution in [1.29, 1.82) is 0 Å². The number of benzene rings is 1.